The van der Waals surface area contributed by atoms with Crippen LogP contribution in [0.15, 0.2) is 22.7 Å². The van der Waals surface area contributed by atoms with Crippen LogP contribution in [-0.4, -0.2) is 18.0 Å². The Morgan fingerprint density at radius 1 is 1.40 bits per heavy atom. The monoisotopic (exact) mass is 370 g/mol. The summed E-state index contributed by atoms with van der Waals surface area (Å²) < 4.78 is 40.4. The minimum atomic E-state index is -4.71. The van der Waals surface area contributed by atoms with Gasteiger partial charge in [-0.15, -0.1) is 13.2 Å². The maximum atomic E-state index is 12.1. The second kappa shape index (κ2) is 7.68. The number of nitrogens with one attached hydrogen (secondary N) is 2. The van der Waals surface area contributed by atoms with Gasteiger partial charge in [0.15, 0.2) is 5.11 Å². The van der Waals surface area contributed by atoms with E-state index in [1.54, 1.807) is 0 Å². The molecule has 1 aromatic carbocycles. The highest BCUT2D eigenvalue weighted by molar-refractivity contribution is 9.10. The average molecular weight is 371 g/mol. The first-order chi connectivity index (χ1) is 9.31. The minimum Gasteiger partial charge on any atom is -0.405 e. The summed E-state index contributed by atoms with van der Waals surface area (Å²) in [6, 6.07) is 4.14. The first-order valence-corrected chi connectivity index (χ1v) is 7.12. The number of rotatable bonds is 5. The number of halogens is 4. The van der Waals surface area contributed by atoms with E-state index in [-0.39, 0.29) is 10.2 Å². The van der Waals surface area contributed by atoms with Gasteiger partial charge in [-0.05, 0) is 52.8 Å². The molecule has 0 amide bonds. The summed E-state index contributed by atoms with van der Waals surface area (Å²) in [5.41, 5.74) is 0.570. The molecule has 0 aliphatic heterocycles. The van der Waals surface area contributed by atoms with Gasteiger partial charge in [0.1, 0.15) is 5.75 Å². The molecule has 0 heterocycles. The molecule has 0 aromatic heterocycles. The fraction of sp³-hybridized carbons (Fsp3) is 0.417. The van der Waals surface area contributed by atoms with Crippen molar-refractivity contribution in [2.24, 2.45) is 0 Å². The van der Waals surface area contributed by atoms with Crippen molar-refractivity contribution in [2.45, 2.75) is 26.1 Å². The molecule has 0 radical (unpaired) electrons. The molecule has 8 heteroatoms. The van der Waals surface area contributed by atoms with Crippen molar-refractivity contribution in [1.82, 2.24) is 5.32 Å². The van der Waals surface area contributed by atoms with E-state index in [0.717, 1.165) is 19.4 Å². The van der Waals surface area contributed by atoms with E-state index >= 15 is 0 Å². The lowest BCUT2D eigenvalue weighted by Gasteiger charge is -2.13. The zero-order chi connectivity index (χ0) is 15.2. The smallest absolute Gasteiger partial charge is 0.405 e. The summed E-state index contributed by atoms with van der Waals surface area (Å²) in [6.07, 6.45) is -2.68. The number of benzene rings is 1. The Morgan fingerprint density at radius 3 is 2.65 bits per heavy atom. The Morgan fingerprint density at radius 2 is 2.10 bits per heavy atom. The van der Waals surface area contributed by atoms with Crippen molar-refractivity contribution in [3.05, 3.63) is 22.7 Å². The van der Waals surface area contributed by atoms with E-state index in [0.29, 0.717) is 10.8 Å². The molecule has 3 nitrogen and oxygen atoms in total. The molecule has 0 aliphatic carbocycles. The van der Waals surface area contributed by atoms with E-state index < -0.39 is 6.36 Å². The summed E-state index contributed by atoms with van der Waals surface area (Å²) >= 11 is 8.09. The highest BCUT2D eigenvalue weighted by Gasteiger charge is 2.31. The molecule has 20 heavy (non-hydrogen) atoms. The Bertz CT molecular complexity index is 469. The zero-order valence-electron chi connectivity index (χ0n) is 10.7. The van der Waals surface area contributed by atoms with Crippen LogP contribution in [0, 0.1) is 0 Å². The van der Waals surface area contributed by atoms with Crippen molar-refractivity contribution < 1.29 is 17.9 Å². The molecule has 0 unspecified atom stereocenters. The maximum Gasteiger partial charge on any atom is 0.573 e. The third-order valence-corrected chi connectivity index (χ3v) is 3.10. The predicted octanol–water partition coefficient (Wildman–Crippen LogP) is 4.43. The molecule has 0 spiro atoms. The van der Waals surface area contributed by atoms with Crippen LogP contribution >= 0.6 is 28.1 Å². The first-order valence-electron chi connectivity index (χ1n) is 5.92. The topological polar surface area (TPSA) is 33.3 Å². The Labute approximate surface area is 129 Å². The van der Waals surface area contributed by atoms with Gasteiger partial charge in [0.2, 0.25) is 0 Å². The van der Waals surface area contributed by atoms with E-state index in [1.807, 2.05) is 0 Å². The van der Waals surface area contributed by atoms with Crippen LogP contribution in [0.5, 0.6) is 5.75 Å². The number of hydrogen-bond acceptors (Lipinski definition) is 2. The zero-order valence-corrected chi connectivity index (χ0v) is 13.1. The summed E-state index contributed by atoms with van der Waals surface area (Å²) in [6.45, 7) is 2.81. The van der Waals surface area contributed by atoms with Gasteiger partial charge in [-0.1, -0.05) is 13.3 Å². The number of alkyl halides is 3. The normalized spacial score (nSPS) is 11.1. The van der Waals surface area contributed by atoms with Crippen molar-refractivity contribution in [3.8, 4) is 5.75 Å². The molecule has 1 aromatic rings. The number of unbranched alkanes of at least 4 members (excludes halogenated alkanes) is 1. The number of anilines is 1. The maximum absolute atomic E-state index is 12.1. The van der Waals surface area contributed by atoms with Gasteiger partial charge in [0.05, 0.1) is 4.47 Å². The van der Waals surface area contributed by atoms with E-state index in [1.165, 1.54) is 18.2 Å². The van der Waals surface area contributed by atoms with Gasteiger partial charge in [0.25, 0.3) is 0 Å². The Kier molecular flexibility index (Phi) is 6.54. The molecular weight excluding hydrogens is 357 g/mol. The van der Waals surface area contributed by atoms with Crippen molar-refractivity contribution in [2.75, 3.05) is 11.9 Å². The molecule has 0 fully saturated rings. The summed E-state index contributed by atoms with van der Waals surface area (Å²) in [7, 11) is 0. The number of ether oxygens (including phenoxy) is 1. The van der Waals surface area contributed by atoms with E-state index in [4.69, 9.17) is 12.2 Å². The van der Waals surface area contributed by atoms with Crippen LogP contribution in [0.1, 0.15) is 19.8 Å². The van der Waals surface area contributed by atoms with Gasteiger partial charge in [-0.25, -0.2) is 0 Å². The van der Waals surface area contributed by atoms with Gasteiger partial charge in [0, 0.05) is 12.2 Å². The second-order valence-corrected chi connectivity index (χ2v) is 5.19. The molecule has 112 valence electrons. The van der Waals surface area contributed by atoms with Crippen LogP contribution in [0.4, 0.5) is 18.9 Å². The van der Waals surface area contributed by atoms with E-state index in [9.17, 15) is 13.2 Å². The summed E-state index contributed by atoms with van der Waals surface area (Å²) in [4.78, 5) is 0. The van der Waals surface area contributed by atoms with Crippen LogP contribution in [0.25, 0.3) is 0 Å². The minimum absolute atomic E-state index is 0.191. The van der Waals surface area contributed by atoms with Gasteiger partial charge in [-0.2, -0.15) is 0 Å². The molecule has 0 aliphatic rings. The van der Waals surface area contributed by atoms with Crippen LogP contribution in [0.3, 0.4) is 0 Å². The molecule has 0 saturated carbocycles. The summed E-state index contributed by atoms with van der Waals surface area (Å²) in [5, 5.41) is 6.31. The molecular formula is C12H14BrF3N2OS. The molecule has 0 atom stereocenters. The van der Waals surface area contributed by atoms with Crippen LogP contribution in [0.2, 0.25) is 0 Å². The molecule has 0 saturated heterocycles. The van der Waals surface area contributed by atoms with Crippen LogP contribution in [-0.2, 0) is 0 Å². The first kappa shape index (κ1) is 17.0. The predicted molar refractivity (Wildman–Crippen MR) is 80.0 cm³/mol. The quantitative estimate of drug-likeness (QED) is 0.593. The van der Waals surface area contributed by atoms with Gasteiger partial charge in [-0.3, -0.25) is 0 Å². The molecule has 0 bridgehead atoms. The third kappa shape index (κ3) is 6.42. The highest BCUT2D eigenvalue weighted by atomic mass is 79.9. The van der Waals surface area contributed by atoms with Crippen LogP contribution < -0.4 is 15.4 Å². The molecule has 1 rings (SSSR count). The number of hydrogen-bond donors (Lipinski definition) is 2. The van der Waals surface area contributed by atoms with Gasteiger partial charge < -0.3 is 15.4 Å². The Hall–Kier alpha value is -1.02. The average Bonchev–Trinajstić information content (AvgIpc) is 2.31. The summed E-state index contributed by atoms with van der Waals surface area (Å²) in [5.74, 6) is -0.298. The number of thiocarbonyl (C=S) groups is 1. The van der Waals surface area contributed by atoms with E-state index in [2.05, 4.69) is 38.2 Å². The fourth-order valence-electron chi connectivity index (χ4n) is 1.34. The SMILES string of the molecule is CCCCNC(=S)Nc1ccc(OC(F)(F)F)c(Br)c1. The largest absolute Gasteiger partial charge is 0.573 e. The fourth-order valence-corrected chi connectivity index (χ4v) is 2.02. The lowest BCUT2D eigenvalue weighted by atomic mass is 10.3. The lowest BCUT2D eigenvalue weighted by Crippen LogP contribution is -2.29. The standard InChI is InChI=1S/C12H14BrF3N2OS/c1-2-3-6-17-11(20)18-8-4-5-10(9(13)7-8)19-12(14,15)16/h4-5,7H,2-3,6H2,1H3,(H2,17,18,20). The van der Waals surface area contributed by atoms with Crippen molar-refractivity contribution in [3.63, 3.8) is 0 Å². The van der Waals surface area contributed by atoms with Gasteiger partial charge >= 0.3 is 6.36 Å². The van der Waals surface area contributed by atoms with Crippen molar-refractivity contribution in [1.29, 1.82) is 0 Å². The third-order valence-electron chi connectivity index (χ3n) is 2.23. The molecule has 2 N–H and O–H groups in total. The lowest BCUT2D eigenvalue weighted by molar-refractivity contribution is -0.274. The second-order valence-electron chi connectivity index (χ2n) is 3.93. The Balaban J connectivity index is 2.61. The highest BCUT2D eigenvalue weighted by Crippen LogP contribution is 2.32. The van der Waals surface area contributed by atoms with Crippen molar-refractivity contribution >= 4 is 38.9 Å².